The van der Waals surface area contributed by atoms with Crippen molar-refractivity contribution in [3.8, 4) is 5.75 Å². The van der Waals surface area contributed by atoms with Crippen molar-refractivity contribution in [3.63, 3.8) is 0 Å². The number of aromatic nitrogens is 1. The first-order valence-electron chi connectivity index (χ1n) is 5.14. The Kier molecular flexibility index (Phi) is 3.21. The fourth-order valence-electron chi connectivity index (χ4n) is 1.41. The molecule has 0 aliphatic rings. The Bertz CT molecular complexity index is 602. The summed E-state index contributed by atoms with van der Waals surface area (Å²) in [4.78, 5) is 4.16. The van der Waals surface area contributed by atoms with Crippen molar-refractivity contribution < 1.29 is 18.6 Å². The van der Waals surface area contributed by atoms with Crippen LogP contribution in [0.25, 0.3) is 16.3 Å². The second-order valence-electron chi connectivity index (χ2n) is 3.78. The molecular weight excluding hydrogens is 260 g/mol. The zero-order valence-electron chi connectivity index (χ0n) is 9.78. The van der Waals surface area contributed by atoms with Crippen molar-refractivity contribution >= 4 is 27.6 Å². The molecule has 0 aliphatic heterocycles. The van der Waals surface area contributed by atoms with Crippen LogP contribution in [0.5, 0.6) is 5.75 Å². The van der Waals surface area contributed by atoms with E-state index in [1.165, 1.54) is 18.4 Å². The van der Waals surface area contributed by atoms with E-state index >= 15 is 0 Å². The summed E-state index contributed by atoms with van der Waals surface area (Å²) >= 11 is 1.21. The summed E-state index contributed by atoms with van der Waals surface area (Å²) in [5.74, 6) is -3.69. The molecule has 3 nitrogen and oxygen atoms in total. The average Bonchev–Trinajstić information content (AvgIpc) is 2.69. The number of aliphatic hydroxyl groups is 1. The summed E-state index contributed by atoms with van der Waals surface area (Å²) in [6.45, 7) is 0.632. The van der Waals surface area contributed by atoms with Gasteiger partial charge in [-0.1, -0.05) is 6.07 Å². The Morgan fingerprint density at radius 3 is 2.83 bits per heavy atom. The summed E-state index contributed by atoms with van der Waals surface area (Å²) in [7, 11) is 1.52. The number of halogens is 2. The van der Waals surface area contributed by atoms with Gasteiger partial charge in [0.15, 0.2) is 5.76 Å². The molecule has 1 N–H and O–H groups in total. The normalized spacial score (nSPS) is 13.0. The van der Waals surface area contributed by atoms with Crippen LogP contribution >= 0.6 is 11.3 Å². The Balaban J connectivity index is 2.49. The molecule has 0 saturated heterocycles. The topological polar surface area (TPSA) is 42.4 Å². The lowest BCUT2D eigenvalue weighted by atomic mass is 10.3. The number of ether oxygens (including phenoxy) is 1. The summed E-state index contributed by atoms with van der Waals surface area (Å²) < 4.78 is 31.6. The van der Waals surface area contributed by atoms with Crippen molar-refractivity contribution in [3.05, 3.63) is 29.0 Å². The van der Waals surface area contributed by atoms with E-state index in [2.05, 4.69) is 4.98 Å². The van der Waals surface area contributed by atoms with Gasteiger partial charge in [0.25, 0.3) is 0 Å². The predicted molar refractivity (Wildman–Crippen MR) is 67.4 cm³/mol. The number of methoxy groups -OCH3 is 1. The van der Waals surface area contributed by atoms with Crippen LogP contribution in [0.1, 0.15) is 11.9 Å². The molecule has 18 heavy (non-hydrogen) atoms. The van der Waals surface area contributed by atoms with Crippen molar-refractivity contribution in [1.29, 1.82) is 0 Å². The molecule has 6 heteroatoms. The lowest BCUT2D eigenvalue weighted by Gasteiger charge is -2.07. The molecule has 1 heterocycles. The highest BCUT2D eigenvalue weighted by Crippen LogP contribution is 2.31. The molecule has 0 bridgehead atoms. The van der Waals surface area contributed by atoms with Gasteiger partial charge in [-0.05, 0) is 12.1 Å². The highest BCUT2D eigenvalue weighted by Gasteiger charge is 2.27. The van der Waals surface area contributed by atoms with Crippen LogP contribution in [0, 0.1) is 0 Å². The molecule has 2 rings (SSSR count). The largest absolute Gasteiger partial charge is 0.506 e. The first-order valence-corrected chi connectivity index (χ1v) is 5.96. The standard InChI is InChI=1S/C12H11F2NO2S/c1-12(13,14)9(16)6-10-15-11-7(17-2)4-3-5-8(11)18-10/h3-6,16H,1-2H3/b9-6-. The molecule has 0 unspecified atom stereocenters. The fraction of sp³-hybridized carbons (Fsp3) is 0.250. The molecule has 0 atom stereocenters. The van der Waals surface area contributed by atoms with Crippen LogP contribution in [0.2, 0.25) is 0 Å². The maximum absolute atomic E-state index is 12.8. The molecule has 0 spiro atoms. The zero-order valence-corrected chi connectivity index (χ0v) is 10.6. The van der Waals surface area contributed by atoms with E-state index in [0.717, 1.165) is 10.8 Å². The number of para-hydroxylation sites is 1. The summed E-state index contributed by atoms with van der Waals surface area (Å²) in [6, 6.07) is 5.35. The molecule has 1 aromatic carbocycles. The Morgan fingerprint density at radius 2 is 2.22 bits per heavy atom. The molecule has 0 saturated carbocycles. The van der Waals surface area contributed by atoms with Crippen molar-refractivity contribution in [2.75, 3.05) is 7.11 Å². The monoisotopic (exact) mass is 271 g/mol. The van der Waals surface area contributed by atoms with Crippen molar-refractivity contribution in [2.45, 2.75) is 12.8 Å². The van der Waals surface area contributed by atoms with Gasteiger partial charge in [-0.2, -0.15) is 8.78 Å². The third kappa shape index (κ3) is 2.43. The van der Waals surface area contributed by atoms with Gasteiger partial charge >= 0.3 is 5.92 Å². The van der Waals surface area contributed by atoms with Gasteiger partial charge in [0.2, 0.25) is 0 Å². The second kappa shape index (κ2) is 4.53. The van der Waals surface area contributed by atoms with E-state index in [4.69, 9.17) is 4.74 Å². The molecule has 0 radical (unpaired) electrons. The van der Waals surface area contributed by atoms with Crippen LogP contribution < -0.4 is 4.74 Å². The first-order chi connectivity index (χ1) is 8.41. The maximum atomic E-state index is 12.8. The number of aliphatic hydroxyl groups excluding tert-OH is 1. The van der Waals surface area contributed by atoms with Crippen LogP contribution in [0.4, 0.5) is 8.78 Å². The van der Waals surface area contributed by atoms with Gasteiger partial charge in [-0.3, -0.25) is 0 Å². The highest BCUT2D eigenvalue weighted by molar-refractivity contribution is 7.19. The minimum Gasteiger partial charge on any atom is -0.506 e. The second-order valence-corrected chi connectivity index (χ2v) is 4.84. The smallest absolute Gasteiger partial charge is 0.301 e. The number of rotatable bonds is 3. The first kappa shape index (κ1) is 12.8. The van der Waals surface area contributed by atoms with Gasteiger partial charge in [-0.25, -0.2) is 4.98 Å². The van der Waals surface area contributed by atoms with Crippen LogP contribution in [0.3, 0.4) is 0 Å². The van der Waals surface area contributed by atoms with Gasteiger partial charge in [-0.15, -0.1) is 11.3 Å². The summed E-state index contributed by atoms with van der Waals surface area (Å²) in [6.07, 6.45) is 0.976. The lowest BCUT2D eigenvalue weighted by molar-refractivity contribution is 0.0208. The molecule has 0 aliphatic carbocycles. The number of fused-ring (bicyclic) bond motifs is 1. The third-order valence-corrected chi connectivity index (χ3v) is 3.30. The average molecular weight is 271 g/mol. The molecule has 0 amide bonds. The Labute approximate surface area is 106 Å². The summed E-state index contributed by atoms with van der Waals surface area (Å²) in [5, 5.41) is 9.55. The number of hydrogen-bond acceptors (Lipinski definition) is 4. The van der Waals surface area contributed by atoms with Gasteiger partial charge < -0.3 is 9.84 Å². The Morgan fingerprint density at radius 1 is 1.50 bits per heavy atom. The van der Waals surface area contributed by atoms with Gasteiger partial charge in [0, 0.05) is 13.0 Å². The van der Waals surface area contributed by atoms with Crippen LogP contribution in [0.15, 0.2) is 24.0 Å². The van der Waals surface area contributed by atoms with E-state index in [1.54, 1.807) is 12.1 Å². The van der Waals surface area contributed by atoms with Gasteiger partial charge in [0.05, 0.1) is 11.8 Å². The van der Waals surface area contributed by atoms with Crippen LogP contribution in [-0.4, -0.2) is 23.1 Å². The molecular formula is C12H11F2NO2S. The van der Waals surface area contributed by atoms with E-state index in [9.17, 15) is 13.9 Å². The number of thiazole rings is 1. The SMILES string of the molecule is COc1cccc2sc(/C=C(\O)C(C)(F)F)nc12. The van der Waals surface area contributed by atoms with E-state index in [-0.39, 0.29) is 0 Å². The van der Waals surface area contributed by atoms with Gasteiger partial charge in [0.1, 0.15) is 16.3 Å². The van der Waals surface area contributed by atoms with Crippen molar-refractivity contribution in [2.24, 2.45) is 0 Å². The number of hydrogen-bond donors (Lipinski definition) is 1. The lowest BCUT2D eigenvalue weighted by Crippen LogP contribution is -2.12. The maximum Gasteiger partial charge on any atom is 0.301 e. The number of benzene rings is 1. The minimum atomic E-state index is -3.26. The predicted octanol–water partition coefficient (Wildman–Crippen LogP) is 3.86. The zero-order chi connectivity index (χ0) is 13.3. The Hall–Kier alpha value is -1.69. The van der Waals surface area contributed by atoms with Crippen LogP contribution in [-0.2, 0) is 0 Å². The molecule has 2 aromatic rings. The third-order valence-electron chi connectivity index (χ3n) is 2.33. The highest BCUT2D eigenvalue weighted by atomic mass is 32.1. The number of alkyl halides is 2. The van der Waals surface area contributed by atoms with E-state index in [0.29, 0.717) is 23.2 Å². The molecule has 96 valence electrons. The van der Waals surface area contributed by atoms with E-state index < -0.39 is 11.7 Å². The quantitative estimate of drug-likeness (QED) is 0.862. The molecule has 0 fully saturated rings. The minimum absolute atomic E-state index is 0.313. The number of nitrogens with zero attached hydrogens (tertiary/aromatic N) is 1. The van der Waals surface area contributed by atoms with E-state index in [1.807, 2.05) is 6.07 Å². The van der Waals surface area contributed by atoms with Crippen molar-refractivity contribution in [1.82, 2.24) is 4.98 Å². The number of allylic oxidation sites excluding steroid dienone is 1. The molecule has 1 aromatic heterocycles. The summed E-state index contributed by atoms with van der Waals surface area (Å²) in [5.41, 5.74) is 0.600. The fourth-order valence-corrected chi connectivity index (χ4v) is 2.33.